The molecular weight excluding hydrogens is 244 g/mol. The van der Waals surface area contributed by atoms with Crippen LogP contribution < -0.4 is 5.73 Å². The molecule has 2 nitrogen and oxygen atoms in total. The molecule has 1 atom stereocenters. The van der Waals surface area contributed by atoms with Gasteiger partial charge in [0.2, 0.25) is 0 Å². The lowest BCUT2D eigenvalue weighted by Gasteiger charge is -2.19. The number of benzene rings is 2. The minimum Gasteiger partial charge on any atom is -0.324 e. The van der Waals surface area contributed by atoms with Gasteiger partial charge in [-0.05, 0) is 38.1 Å². The molecule has 0 aliphatic rings. The number of nitrogens with two attached hydrogens (primary N) is 1. The zero-order valence-corrected chi connectivity index (χ0v) is 12.4. The minimum atomic E-state index is 0.122. The summed E-state index contributed by atoms with van der Waals surface area (Å²) in [6.45, 7) is 4.10. The van der Waals surface area contributed by atoms with Crippen molar-refractivity contribution in [1.29, 1.82) is 0 Å². The Labute approximate surface area is 122 Å². The van der Waals surface area contributed by atoms with E-state index in [9.17, 15) is 0 Å². The van der Waals surface area contributed by atoms with Crippen LogP contribution in [0.5, 0.6) is 0 Å². The van der Waals surface area contributed by atoms with E-state index in [1.54, 1.807) is 0 Å². The van der Waals surface area contributed by atoms with Crippen LogP contribution in [-0.4, -0.2) is 18.5 Å². The Morgan fingerprint density at radius 1 is 1.00 bits per heavy atom. The smallest absolute Gasteiger partial charge is 0.0307 e. The first kappa shape index (κ1) is 14.8. The molecule has 2 aromatic rings. The fourth-order valence-electron chi connectivity index (χ4n) is 2.31. The zero-order valence-electron chi connectivity index (χ0n) is 12.4. The number of hydrogen-bond donors (Lipinski definition) is 1. The standard InChI is InChI=1S/C18H24N2/c1-15-8-10-16(11-9-15)14-20(2)13-12-18(19)17-6-4-3-5-7-17/h3-11,18H,12-14,19H2,1-2H3. The molecule has 0 heterocycles. The van der Waals surface area contributed by atoms with E-state index in [1.165, 1.54) is 16.7 Å². The topological polar surface area (TPSA) is 29.3 Å². The molecule has 0 saturated carbocycles. The monoisotopic (exact) mass is 268 g/mol. The molecule has 2 aromatic carbocycles. The molecule has 2 rings (SSSR count). The Morgan fingerprint density at radius 2 is 1.65 bits per heavy atom. The van der Waals surface area contributed by atoms with Gasteiger partial charge in [0.05, 0.1) is 0 Å². The predicted octanol–water partition coefficient (Wildman–Crippen LogP) is 3.52. The van der Waals surface area contributed by atoms with Gasteiger partial charge in [0.1, 0.15) is 0 Å². The normalized spacial score (nSPS) is 12.6. The van der Waals surface area contributed by atoms with E-state index in [0.717, 1.165) is 19.5 Å². The molecule has 106 valence electrons. The first-order valence-corrected chi connectivity index (χ1v) is 7.20. The molecule has 20 heavy (non-hydrogen) atoms. The van der Waals surface area contributed by atoms with Crippen LogP contribution in [-0.2, 0) is 6.54 Å². The summed E-state index contributed by atoms with van der Waals surface area (Å²) >= 11 is 0. The number of hydrogen-bond acceptors (Lipinski definition) is 2. The van der Waals surface area contributed by atoms with Crippen molar-refractivity contribution in [3.63, 3.8) is 0 Å². The Kier molecular flexibility index (Phi) is 5.33. The summed E-state index contributed by atoms with van der Waals surface area (Å²) in [5.74, 6) is 0. The zero-order chi connectivity index (χ0) is 14.4. The molecule has 0 aliphatic heterocycles. The number of aryl methyl sites for hydroxylation is 1. The van der Waals surface area contributed by atoms with Crippen LogP contribution in [0.4, 0.5) is 0 Å². The third-order valence-electron chi connectivity index (χ3n) is 3.62. The SMILES string of the molecule is Cc1ccc(CN(C)CCC(N)c2ccccc2)cc1. The first-order valence-electron chi connectivity index (χ1n) is 7.20. The van der Waals surface area contributed by atoms with Crippen LogP contribution in [0.3, 0.4) is 0 Å². The van der Waals surface area contributed by atoms with Gasteiger partial charge in [0.25, 0.3) is 0 Å². The van der Waals surface area contributed by atoms with E-state index in [2.05, 4.69) is 55.3 Å². The van der Waals surface area contributed by atoms with Gasteiger partial charge in [-0.25, -0.2) is 0 Å². The summed E-state index contributed by atoms with van der Waals surface area (Å²) in [4.78, 5) is 2.33. The van der Waals surface area contributed by atoms with Gasteiger partial charge >= 0.3 is 0 Å². The second kappa shape index (κ2) is 7.22. The maximum atomic E-state index is 6.23. The Morgan fingerprint density at radius 3 is 2.30 bits per heavy atom. The van der Waals surface area contributed by atoms with Gasteiger partial charge in [-0.1, -0.05) is 60.2 Å². The van der Waals surface area contributed by atoms with E-state index < -0.39 is 0 Å². The van der Waals surface area contributed by atoms with Crippen LogP contribution in [0, 0.1) is 6.92 Å². The van der Waals surface area contributed by atoms with Crippen molar-refractivity contribution in [3.05, 3.63) is 71.3 Å². The van der Waals surface area contributed by atoms with Crippen molar-refractivity contribution in [2.24, 2.45) is 5.73 Å². The van der Waals surface area contributed by atoms with Gasteiger partial charge < -0.3 is 10.6 Å². The highest BCUT2D eigenvalue weighted by Crippen LogP contribution is 2.14. The van der Waals surface area contributed by atoms with Crippen LogP contribution >= 0.6 is 0 Å². The Hall–Kier alpha value is -1.64. The third-order valence-corrected chi connectivity index (χ3v) is 3.62. The fourth-order valence-corrected chi connectivity index (χ4v) is 2.31. The first-order chi connectivity index (χ1) is 9.65. The highest BCUT2D eigenvalue weighted by Gasteiger charge is 2.07. The molecule has 2 heteroatoms. The van der Waals surface area contributed by atoms with Crippen LogP contribution in [0.1, 0.15) is 29.2 Å². The highest BCUT2D eigenvalue weighted by molar-refractivity contribution is 5.21. The maximum Gasteiger partial charge on any atom is 0.0307 e. The Bertz CT molecular complexity index is 505. The number of rotatable bonds is 6. The quantitative estimate of drug-likeness (QED) is 0.868. The molecule has 2 N–H and O–H groups in total. The predicted molar refractivity (Wildman–Crippen MR) is 85.5 cm³/mol. The maximum absolute atomic E-state index is 6.23. The highest BCUT2D eigenvalue weighted by atomic mass is 15.1. The summed E-state index contributed by atoms with van der Waals surface area (Å²) in [6.07, 6.45) is 0.979. The van der Waals surface area contributed by atoms with Crippen LogP contribution in [0.25, 0.3) is 0 Å². The second-order valence-electron chi connectivity index (χ2n) is 5.53. The molecule has 0 amide bonds. The lowest BCUT2D eigenvalue weighted by molar-refractivity contribution is 0.311. The van der Waals surface area contributed by atoms with Crippen molar-refractivity contribution >= 4 is 0 Å². The molecule has 0 spiro atoms. The molecule has 0 fully saturated rings. The summed E-state index contributed by atoms with van der Waals surface area (Å²) in [6, 6.07) is 19.2. The fraction of sp³-hybridized carbons (Fsp3) is 0.333. The van der Waals surface area contributed by atoms with Gasteiger partial charge in [-0.2, -0.15) is 0 Å². The molecular formula is C18H24N2. The molecule has 0 aromatic heterocycles. The van der Waals surface area contributed by atoms with E-state index in [1.807, 2.05) is 18.2 Å². The van der Waals surface area contributed by atoms with Crippen molar-refractivity contribution in [2.75, 3.05) is 13.6 Å². The lowest BCUT2D eigenvalue weighted by atomic mass is 10.0. The van der Waals surface area contributed by atoms with Crippen molar-refractivity contribution in [1.82, 2.24) is 4.90 Å². The summed E-state index contributed by atoms with van der Waals surface area (Å²) < 4.78 is 0. The minimum absolute atomic E-state index is 0.122. The molecule has 0 saturated heterocycles. The second-order valence-corrected chi connectivity index (χ2v) is 5.53. The molecule has 0 aliphatic carbocycles. The summed E-state index contributed by atoms with van der Waals surface area (Å²) in [5.41, 5.74) is 10.1. The van der Waals surface area contributed by atoms with Crippen molar-refractivity contribution in [3.8, 4) is 0 Å². The van der Waals surface area contributed by atoms with E-state index in [0.29, 0.717) is 0 Å². The molecule has 0 radical (unpaired) electrons. The average molecular weight is 268 g/mol. The van der Waals surface area contributed by atoms with E-state index in [4.69, 9.17) is 5.73 Å². The molecule has 0 bridgehead atoms. The van der Waals surface area contributed by atoms with Gasteiger partial charge in [0.15, 0.2) is 0 Å². The third kappa shape index (κ3) is 4.48. The summed E-state index contributed by atoms with van der Waals surface area (Å²) in [5, 5.41) is 0. The van der Waals surface area contributed by atoms with Crippen molar-refractivity contribution < 1.29 is 0 Å². The van der Waals surface area contributed by atoms with Gasteiger partial charge in [-0.15, -0.1) is 0 Å². The number of nitrogens with zero attached hydrogens (tertiary/aromatic N) is 1. The average Bonchev–Trinajstić information content (AvgIpc) is 2.48. The largest absolute Gasteiger partial charge is 0.324 e. The van der Waals surface area contributed by atoms with Gasteiger partial charge in [0, 0.05) is 12.6 Å². The molecule has 1 unspecified atom stereocenters. The lowest BCUT2D eigenvalue weighted by Crippen LogP contribution is -2.23. The van der Waals surface area contributed by atoms with E-state index in [-0.39, 0.29) is 6.04 Å². The van der Waals surface area contributed by atoms with Crippen LogP contribution in [0.15, 0.2) is 54.6 Å². The Balaban J connectivity index is 1.80. The van der Waals surface area contributed by atoms with E-state index >= 15 is 0 Å². The van der Waals surface area contributed by atoms with Crippen molar-refractivity contribution in [2.45, 2.75) is 25.9 Å². The van der Waals surface area contributed by atoms with Gasteiger partial charge in [-0.3, -0.25) is 0 Å². The summed E-state index contributed by atoms with van der Waals surface area (Å²) in [7, 11) is 2.15. The van der Waals surface area contributed by atoms with Crippen LogP contribution in [0.2, 0.25) is 0 Å².